The maximum atomic E-state index is 15.6. The number of thiophene rings is 1. The zero-order valence-electron chi connectivity index (χ0n) is 15.8. The summed E-state index contributed by atoms with van der Waals surface area (Å²) < 4.78 is 15.6. The topological polar surface area (TPSA) is 122 Å². The molecule has 0 unspecified atom stereocenters. The number of nitrogens with one attached hydrogen (secondary N) is 2. The second-order valence-electron chi connectivity index (χ2n) is 6.91. The monoisotopic (exact) mass is 428 g/mol. The lowest BCUT2D eigenvalue weighted by Gasteiger charge is -2.04. The highest BCUT2D eigenvalue weighted by molar-refractivity contribution is 7.13. The third-order valence-corrected chi connectivity index (χ3v) is 5.88. The van der Waals surface area contributed by atoms with Crippen LogP contribution in [-0.4, -0.2) is 35.1 Å². The van der Waals surface area contributed by atoms with Crippen LogP contribution in [0.2, 0.25) is 0 Å². The van der Waals surface area contributed by atoms with Crippen LogP contribution in [-0.2, 0) is 0 Å². The molecule has 0 aromatic carbocycles. The summed E-state index contributed by atoms with van der Waals surface area (Å²) in [6.45, 7) is 0. The Bertz CT molecular complexity index is 1570. The van der Waals surface area contributed by atoms with Crippen molar-refractivity contribution in [3.05, 3.63) is 60.3 Å². The maximum Gasteiger partial charge on any atom is 0.178 e. The van der Waals surface area contributed by atoms with E-state index in [0.29, 0.717) is 33.9 Å². The Hall–Kier alpha value is -4.18. The van der Waals surface area contributed by atoms with Crippen LogP contribution in [0.1, 0.15) is 0 Å². The van der Waals surface area contributed by atoms with Gasteiger partial charge in [0.2, 0.25) is 0 Å². The fourth-order valence-corrected chi connectivity index (χ4v) is 4.35. The lowest BCUT2D eigenvalue weighted by molar-refractivity contribution is 0.638. The van der Waals surface area contributed by atoms with Crippen molar-refractivity contribution >= 4 is 39.1 Å². The molecule has 6 heterocycles. The van der Waals surface area contributed by atoms with Gasteiger partial charge in [-0.15, -0.1) is 11.3 Å². The fourth-order valence-electron chi connectivity index (χ4n) is 3.60. The van der Waals surface area contributed by atoms with Crippen molar-refractivity contribution in [1.29, 1.82) is 0 Å². The predicted octanol–water partition coefficient (Wildman–Crippen LogP) is 4.41. The second-order valence-corrected chi connectivity index (χ2v) is 7.86. The van der Waals surface area contributed by atoms with Crippen molar-refractivity contribution in [2.75, 3.05) is 5.73 Å². The molecule has 0 fully saturated rings. The van der Waals surface area contributed by atoms with Gasteiger partial charge in [0.25, 0.3) is 0 Å². The number of aromatic nitrogens is 7. The van der Waals surface area contributed by atoms with E-state index >= 15 is 4.39 Å². The normalized spacial score (nSPS) is 11.5. The fraction of sp³-hybridized carbons (Fsp3) is 0. The molecule has 4 N–H and O–H groups in total. The molecule has 0 amide bonds. The number of nitrogens with two attached hydrogens (primary N) is 1. The molecule has 10 heteroatoms. The first-order valence-corrected chi connectivity index (χ1v) is 10.2. The van der Waals surface area contributed by atoms with Gasteiger partial charge < -0.3 is 10.7 Å². The number of imidazole rings is 1. The summed E-state index contributed by atoms with van der Waals surface area (Å²) in [6.07, 6.45) is 6.26. The van der Waals surface area contributed by atoms with Gasteiger partial charge >= 0.3 is 0 Å². The van der Waals surface area contributed by atoms with Crippen molar-refractivity contribution in [2.45, 2.75) is 0 Å². The Morgan fingerprint density at radius 2 is 2.00 bits per heavy atom. The molecule has 31 heavy (non-hydrogen) atoms. The molecular formula is C21H13FN8S. The van der Waals surface area contributed by atoms with Crippen molar-refractivity contribution in [3.8, 4) is 33.2 Å². The van der Waals surface area contributed by atoms with E-state index in [0.717, 1.165) is 16.0 Å². The summed E-state index contributed by atoms with van der Waals surface area (Å²) in [6, 6.07) is 7.57. The van der Waals surface area contributed by atoms with Crippen molar-refractivity contribution in [3.63, 3.8) is 0 Å². The number of hydrogen-bond donors (Lipinski definition) is 3. The molecule has 8 nitrogen and oxygen atoms in total. The zero-order valence-corrected chi connectivity index (χ0v) is 16.6. The van der Waals surface area contributed by atoms with Crippen molar-refractivity contribution < 1.29 is 4.39 Å². The van der Waals surface area contributed by atoms with E-state index in [-0.39, 0.29) is 11.1 Å². The molecule has 0 aliphatic rings. The van der Waals surface area contributed by atoms with Crippen LogP contribution >= 0.6 is 11.3 Å². The minimum Gasteiger partial charge on any atom is -0.397 e. The molecule has 150 valence electrons. The molecule has 6 aromatic heterocycles. The number of rotatable bonds is 3. The number of halogens is 1. The lowest BCUT2D eigenvalue weighted by Crippen LogP contribution is -1.94. The average Bonchev–Trinajstić information content (AvgIpc) is 3.52. The van der Waals surface area contributed by atoms with Crippen molar-refractivity contribution in [1.82, 2.24) is 35.1 Å². The van der Waals surface area contributed by atoms with Crippen LogP contribution in [0, 0.1) is 5.82 Å². The Kier molecular flexibility index (Phi) is 3.80. The Morgan fingerprint density at radius 1 is 1.06 bits per heavy atom. The van der Waals surface area contributed by atoms with Gasteiger partial charge in [-0.2, -0.15) is 5.10 Å². The molecule has 0 saturated heterocycles. The van der Waals surface area contributed by atoms with Crippen LogP contribution < -0.4 is 5.73 Å². The molecule has 6 aromatic rings. The van der Waals surface area contributed by atoms with Gasteiger partial charge in [-0.1, -0.05) is 6.07 Å². The molecule has 0 bridgehead atoms. The second kappa shape index (κ2) is 6.67. The highest BCUT2D eigenvalue weighted by Crippen LogP contribution is 2.34. The van der Waals surface area contributed by atoms with Crippen LogP contribution in [0.15, 0.2) is 54.4 Å². The molecule has 0 spiro atoms. The Labute approximate surface area is 178 Å². The SMILES string of the molecule is Nc1cncc(-c2ncc3[nH]nc(-c4nc5nccc(-c6cccs6)c5[nH]4)c3c2F)c1. The van der Waals surface area contributed by atoms with Gasteiger partial charge in [0.15, 0.2) is 17.3 Å². The van der Waals surface area contributed by atoms with Gasteiger partial charge in [-0.25, -0.2) is 14.4 Å². The molecule has 0 saturated carbocycles. The highest BCUT2D eigenvalue weighted by Gasteiger charge is 2.21. The Morgan fingerprint density at radius 3 is 2.84 bits per heavy atom. The zero-order chi connectivity index (χ0) is 20.9. The van der Waals surface area contributed by atoms with E-state index in [4.69, 9.17) is 5.73 Å². The largest absolute Gasteiger partial charge is 0.397 e. The van der Waals surface area contributed by atoms with Crippen LogP contribution in [0.5, 0.6) is 0 Å². The lowest BCUT2D eigenvalue weighted by atomic mass is 10.1. The standard InChI is InChI=1S/C21H13FN8S/c22-16-15-13(9-26-17(16)10-6-11(23)8-24-7-10)29-30-19(15)21-27-18-12(14-2-1-5-31-14)3-4-25-20(18)28-21/h1-9H,23H2,(H,29,30)(H,25,27,28). The molecule has 0 aliphatic heterocycles. The van der Waals surface area contributed by atoms with Crippen molar-refractivity contribution in [2.24, 2.45) is 0 Å². The predicted molar refractivity (Wildman–Crippen MR) is 118 cm³/mol. The molecule has 6 rings (SSSR count). The quantitative estimate of drug-likeness (QED) is 0.384. The first-order valence-electron chi connectivity index (χ1n) is 9.31. The summed E-state index contributed by atoms with van der Waals surface area (Å²) >= 11 is 1.62. The minimum atomic E-state index is -0.527. The summed E-state index contributed by atoms with van der Waals surface area (Å²) in [5.41, 5.74) is 9.95. The number of hydrogen-bond acceptors (Lipinski definition) is 7. The number of aromatic amines is 2. The molecular weight excluding hydrogens is 415 g/mol. The summed E-state index contributed by atoms with van der Waals surface area (Å²) in [4.78, 5) is 21.5. The third kappa shape index (κ3) is 2.76. The molecule has 0 radical (unpaired) electrons. The van der Waals surface area contributed by atoms with Gasteiger partial charge in [0.1, 0.15) is 11.4 Å². The number of nitrogen functional groups attached to an aromatic ring is 1. The first kappa shape index (κ1) is 17.7. The van der Waals surface area contributed by atoms with E-state index in [2.05, 4.69) is 35.1 Å². The summed E-state index contributed by atoms with van der Waals surface area (Å²) in [5, 5.41) is 9.43. The number of pyridine rings is 3. The van der Waals surface area contributed by atoms with Gasteiger partial charge in [-0.3, -0.25) is 15.1 Å². The van der Waals surface area contributed by atoms with Crippen LogP contribution in [0.4, 0.5) is 10.1 Å². The maximum absolute atomic E-state index is 15.6. The van der Waals surface area contributed by atoms with E-state index in [9.17, 15) is 0 Å². The van der Waals surface area contributed by atoms with Gasteiger partial charge in [-0.05, 0) is 23.6 Å². The van der Waals surface area contributed by atoms with E-state index in [1.54, 1.807) is 23.6 Å². The summed E-state index contributed by atoms with van der Waals surface area (Å²) in [7, 11) is 0. The van der Waals surface area contributed by atoms with Gasteiger partial charge in [0.05, 0.1) is 28.3 Å². The number of H-pyrrole nitrogens is 2. The molecule has 0 atom stereocenters. The van der Waals surface area contributed by atoms with E-state index in [1.807, 2.05) is 23.6 Å². The number of fused-ring (bicyclic) bond motifs is 2. The van der Waals surface area contributed by atoms with E-state index in [1.165, 1.54) is 18.6 Å². The Balaban J connectivity index is 1.56. The van der Waals surface area contributed by atoms with E-state index < -0.39 is 5.82 Å². The minimum absolute atomic E-state index is 0.142. The summed E-state index contributed by atoms with van der Waals surface area (Å²) in [5.74, 6) is -0.111. The smallest absolute Gasteiger partial charge is 0.178 e. The first-order chi connectivity index (χ1) is 15.2. The number of nitrogens with zero attached hydrogens (tertiary/aromatic N) is 5. The average molecular weight is 428 g/mol. The molecule has 0 aliphatic carbocycles. The van der Waals surface area contributed by atoms with Crippen LogP contribution in [0.3, 0.4) is 0 Å². The number of anilines is 1. The van der Waals surface area contributed by atoms with Crippen LogP contribution in [0.25, 0.3) is 55.3 Å². The van der Waals surface area contributed by atoms with Gasteiger partial charge in [0, 0.05) is 34.6 Å². The highest BCUT2D eigenvalue weighted by atomic mass is 32.1. The third-order valence-electron chi connectivity index (χ3n) is 4.98.